The van der Waals surface area contributed by atoms with Crippen molar-refractivity contribution in [2.24, 2.45) is 5.92 Å². The summed E-state index contributed by atoms with van der Waals surface area (Å²) in [4.78, 5) is 18.9. The van der Waals surface area contributed by atoms with Crippen molar-refractivity contribution in [3.05, 3.63) is 29.6 Å². The Morgan fingerprint density at radius 1 is 1.25 bits per heavy atom. The zero-order valence-electron chi connectivity index (χ0n) is 15.1. The van der Waals surface area contributed by atoms with Gasteiger partial charge in [0.15, 0.2) is 15.6 Å². The number of carbonyl (C=O) groups excluding carboxylic acids is 1. The molecule has 0 saturated carbocycles. The summed E-state index contributed by atoms with van der Waals surface area (Å²) in [6.07, 6.45) is 4.53. The molecule has 1 fully saturated rings. The summed E-state index contributed by atoms with van der Waals surface area (Å²) >= 11 is 0. The first-order chi connectivity index (χ1) is 11.0. The zero-order chi connectivity index (χ0) is 18.0. The molecule has 1 saturated heterocycles. The molecule has 0 bridgehead atoms. The molecular formula is C18H28N2O3S. The fourth-order valence-electron chi connectivity index (χ4n) is 3.01. The molecule has 0 radical (unpaired) electrons. The molecule has 0 aliphatic carbocycles. The molecule has 1 aliphatic rings. The highest BCUT2D eigenvalue weighted by Crippen LogP contribution is 2.22. The van der Waals surface area contributed by atoms with Crippen LogP contribution >= 0.6 is 0 Å². The molecule has 0 amide bonds. The Kier molecular flexibility index (Phi) is 5.81. The van der Waals surface area contributed by atoms with Crippen LogP contribution in [0.3, 0.4) is 0 Å². The number of hydrogen-bond acceptors (Lipinski definition) is 5. The summed E-state index contributed by atoms with van der Waals surface area (Å²) in [5, 5.41) is 0. The van der Waals surface area contributed by atoms with Gasteiger partial charge in [0.25, 0.3) is 0 Å². The molecule has 0 aromatic carbocycles. The first kappa shape index (κ1) is 19.1. The Balaban J connectivity index is 1.86. The first-order valence-electron chi connectivity index (χ1n) is 8.43. The average Bonchev–Trinajstić information content (AvgIpc) is 2.46. The molecule has 1 aromatic rings. The van der Waals surface area contributed by atoms with Gasteiger partial charge in [0.1, 0.15) is 5.75 Å². The topological polar surface area (TPSA) is 67.3 Å². The number of carbonyl (C=O) groups is 1. The van der Waals surface area contributed by atoms with Crippen molar-refractivity contribution in [1.29, 1.82) is 0 Å². The predicted molar refractivity (Wildman–Crippen MR) is 95.7 cm³/mol. The molecule has 0 atom stereocenters. The maximum absolute atomic E-state index is 12.0. The van der Waals surface area contributed by atoms with Crippen LogP contribution in [0.15, 0.2) is 18.3 Å². The van der Waals surface area contributed by atoms with Crippen molar-refractivity contribution in [3.8, 4) is 0 Å². The van der Waals surface area contributed by atoms with Gasteiger partial charge >= 0.3 is 0 Å². The lowest BCUT2D eigenvalue weighted by molar-refractivity contribution is -0.121. The summed E-state index contributed by atoms with van der Waals surface area (Å²) < 4.78 is 22.5. The van der Waals surface area contributed by atoms with E-state index in [0.717, 1.165) is 44.4 Å². The van der Waals surface area contributed by atoms with Gasteiger partial charge in [0.2, 0.25) is 0 Å². The lowest BCUT2D eigenvalue weighted by Crippen LogP contribution is -2.37. The smallest absolute Gasteiger partial charge is 0.154 e. The minimum atomic E-state index is -3.22. The van der Waals surface area contributed by atoms with Gasteiger partial charge < -0.3 is 0 Å². The highest BCUT2D eigenvalue weighted by Gasteiger charge is 2.27. The van der Waals surface area contributed by atoms with E-state index in [1.54, 1.807) is 0 Å². The molecule has 1 aromatic heterocycles. The van der Waals surface area contributed by atoms with Gasteiger partial charge in [-0.15, -0.1) is 0 Å². The van der Waals surface area contributed by atoms with Crippen molar-refractivity contribution in [2.75, 3.05) is 25.1 Å². The molecule has 0 unspecified atom stereocenters. The zero-order valence-corrected chi connectivity index (χ0v) is 15.9. The minimum absolute atomic E-state index is 0.0524. The third-order valence-electron chi connectivity index (χ3n) is 4.45. The largest absolute Gasteiger partial charge is 0.299 e. The van der Waals surface area contributed by atoms with E-state index in [4.69, 9.17) is 0 Å². The van der Waals surface area contributed by atoms with E-state index in [1.165, 1.54) is 5.56 Å². The number of aromatic nitrogens is 1. The van der Waals surface area contributed by atoms with E-state index >= 15 is 0 Å². The van der Waals surface area contributed by atoms with Gasteiger partial charge in [-0.25, -0.2) is 8.42 Å². The number of rotatable bonds is 5. The Bertz CT molecular complexity index is 667. The highest BCUT2D eigenvalue weighted by atomic mass is 32.2. The maximum atomic E-state index is 12.0. The second-order valence-electron chi connectivity index (χ2n) is 7.89. The molecule has 134 valence electrons. The maximum Gasteiger partial charge on any atom is 0.154 e. The number of Topliss-reactive ketones (excluding diaryl/α,β-unsaturated/α-hetero) is 1. The van der Waals surface area contributed by atoms with Gasteiger partial charge in [0, 0.05) is 36.0 Å². The van der Waals surface area contributed by atoms with Crippen molar-refractivity contribution in [2.45, 2.75) is 45.6 Å². The quantitative estimate of drug-likeness (QED) is 0.813. The third-order valence-corrected chi connectivity index (χ3v) is 5.26. The minimum Gasteiger partial charge on any atom is -0.299 e. The number of sulfone groups is 1. The molecule has 1 aliphatic heterocycles. The Morgan fingerprint density at radius 3 is 2.33 bits per heavy atom. The fourth-order valence-corrected chi connectivity index (χ4v) is 3.76. The van der Waals surface area contributed by atoms with Crippen molar-refractivity contribution in [3.63, 3.8) is 0 Å². The van der Waals surface area contributed by atoms with E-state index in [-0.39, 0.29) is 22.9 Å². The second kappa shape index (κ2) is 7.31. The lowest BCUT2D eigenvalue weighted by Gasteiger charge is -2.31. The summed E-state index contributed by atoms with van der Waals surface area (Å²) in [7, 11) is -3.22. The number of ketones is 1. The molecule has 0 spiro atoms. The van der Waals surface area contributed by atoms with Gasteiger partial charge in [0.05, 0.1) is 0 Å². The van der Waals surface area contributed by atoms with Crippen LogP contribution in [0.1, 0.15) is 44.9 Å². The Hall–Kier alpha value is -1.27. The number of nitrogens with zero attached hydrogens (tertiary/aromatic N) is 2. The van der Waals surface area contributed by atoms with Crippen LogP contribution < -0.4 is 0 Å². The van der Waals surface area contributed by atoms with E-state index in [2.05, 4.69) is 42.8 Å². The molecule has 0 N–H and O–H groups in total. The molecular weight excluding hydrogens is 324 g/mol. The summed E-state index contributed by atoms with van der Waals surface area (Å²) in [5.41, 5.74) is 2.30. The molecule has 5 nitrogen and oxygen atoms in total. The van der Waals surface area contributed by atoms with Crippen molar-refractivity contribution >= 4 is 15.6 Å². The molecule has 24 heavy (non-hydrogen) atoms. The number of likely N-dealkylation sites (tertiary alicyclic amines) is 1. The Morgan fingerprint density at radius 2 is 1.88 bits per heavy atom. The third kappa shape index (κ3) is 5.67. The van der Waals surface area contributed by atoms with Crippen LogP contribution in [0, 0.1) is 5.92 Å². The highest BCUT2D eigenvalue weighted by molar-refractivity contribution is 7.91. The summed E-state index contributed by atoms with van der Waals surface area (Å²) in [5.74, 6) is -0.568. The van der Waals surface area contributed by atoms with E-state index in [0.29, 0.717) is 0 Å². The molecule has 2 rings (SSSR count). The van der Waals surface area contributed by atoms with Crippen LogP contribution in [-0.2, 0) is 26.6 Å². The van der Waals surface area contributed by atoms with Crippen LogP contribution in [0.5, 0.6) is 0 Å². The number of pyridine rings is 1. The summed E-state index contributed by atoms with van der Waals surface area (Å²) in [6.45, 7) is 8.90. The monoisotopic (exact) mass is 352 g/mol. The van der Waals surface area contributed by atoms with E-state index in [1.807, 2.05) is 6.20 Å². The second-order valence-corrected chi connectivity index (χ2v) is 10.0. The molecule has 2 heterocycles. The standard InChI is InChI=1S/C18H28N2O3S/c1-18(2,3)17-6-5-14(11-19-17)12-20-9-7-15(8-10-20)16(21)13-24(4,22)23/h5-6,11,15H,7-10,12-13H2,1-4H3. The van der Waals surface area contributed by atoms with Gasteiger partial charge in [-0.1, -0.05) is 26.8 Å². The van der Waals surface area contributed by atoms with Crippen molar-refractivity contribution in [1.82, 2.24) is 9.88 Å². The lowest BCUT2D eigenvalue weighted by atomic mass is 9.91. The first-order valence-corrected chi connectivity index (χ1v) is 10.5. The molecule has 6 heteroatoms. The summed E-state index contributed by atoms with van der Waals surface area (Å²) in [6, 6.07) is 4.20. The number of hydrogen-bond donors (Lipinski definition) is 0. The van der Waals surface area contributed by atoms with E-state index in [9.17, 15) is 13.2 Å². The number of piperidine rings is 1. The van der Waals surface area contributed by atoms with Gasteiger partial charge in [-0.2, -0.15) is 0 Å². The van der Waals surface area contributed by atoms with Crippen molar-refractivity contribution < 1.29 is 13.2 Å². The van der Waals surface area contributed by atoms with Gasteiger partial charge in [-0.3, -0.25) is 14.7 Å². The normalized spacial score (nSPS) is 17.8. The van der Waals surface area contributed by atoms with Crippen LogP contribution in [0.2, 0.25) is 0 Å². The van der Waals surface area contributed by atoms with Gasteiger partial charge in [-0.05, 0) is 37.6 Å². The van der Waals surface area contributed by atoms with E-state index < -0.39 is 9.84 Å². The Labute approximate surface area is 145 Å². The average molecular weight is 353 g/mol. The SMILES string of the molecule is CC(C)(C)c1ccc(CN2CCC(C(=O)CS(C)(=O)=O)CC2)cn1. The fraction of sp³-hybridized carbons (Fsp3) is 0.667. The predicted octanol–water partition coefficient (Wildman–Crippen LogP) is 2.20. The van der Waals surface area contributed by atoms with Crippen LogP contribution in [0.25, 0.3) is 0 Å². The van der Waals surface area contributed by atoms with Crippen LogP contribution in [0.4, 0.5) is 0 Å². The van der Waals surface area contributed by atoms with Crippen LogP contribution in [-0.4, -0.2) is 49.2 Å².